The van der Waals surface area contributed by atoms with Crippen molar-refractivity contribution in [2.45, 2.75) is 33.0 Å². The quantitative estimate of drug-likeness (QED) is 0.872. The second-order valence-corrected chi connectivity index (χ2v) is 4.70. The van der Waals surface area contributed by atoms with Crippen LogP contribution in [-0.4, -0.2) is 17.1 Å². The molecule has 0 saturated heterocycles. The van der Waals surface area contributed by atoms with Crippen molar-refractivity contribution in [3.8, 4) is 5.75 Å². The van der Waals surface area contributed by atoms with Gasteiger partial charge >= 0.3 is 0 Å². The fourth-order valence-corrected chi connectivity index (χ4v) is 2.19. The number of carbonyl (C=O) groups is 1. The number of hydrogen-bond donors (Lipinski definition) is 2. The van der Waals surface area contributed by atoms with E-state index in [-0.39, 0.29) is 6.61 Å². The maximum Gasteiger partial charge on any atom is 0.258 e. The summed E-state index contributed by atoms with van der Waals surface area (Å²) in [6.07, 6.45) is -0.171. The van der Waals surface area contributed by atoms with Crippen molar-refractivity contribution in [3.63, 3.8) is 0 Å². The van der Waals surface area contributed by atoms with Gasteiger partial charge in [-0.15, -0.1) is 0 Å². The molecule has 17 heavy (non-hydrogen) atoms. The molecular formula is C12H16BrNO3. The molecule has 1 aromatic carbocycles. The number of rotatable bonds is 5. The number of ether oxygens (including phenoxy) is 1. The first-order chi connectivity index (χ1) is 7.99. The summed E-state index contributed by atoms with van der Waals surface area (Å²) in [6.45, 7) is 3.53. The SMILES string of the molecule is CCC(Oc1c(C)cc(Br)cc1CO)C(N)=O. The van der Waals surface area contributed by atoms with E-state index in [1.165, 1.54) is 0 Å². The van der Waals surface area contributed by atoms with Gasteiger partial charge in [0.25, 0.3) is 5.91 Å². The number of hydrogen-bond acceptors (Lipinski definition) is 3. The molecule has 1 amide bonds. The highest BCUT2D eigenvalue weighted by molar-refractivity contribution is 9.10. The highest BCUT2D eigenvalue weighted by Crippen LogP contribution is 2.29. The van der Waals surface area contributed by atoms with Crippen molar-refractivity contribution in [2.75, 3.05) is 0 Å². The van der Waals surface area contributed by atoms with Crippen LogP contribution in [0.4, 0.5) is 0 Å². The predicted octanol–water partition coefficient (Wildman–Crippen LogP) is 1.89. The largest absolute Gasteiger partial charge is 0.480 e. The van der Waals surface area contributed by atoms with E-state index in [9.17, 15) is 9.90 Å². The summed E-state index contributed by atoms with van der Waals surface area (Å²) >= 11 is 3.34. The molecule has 0 bridgehead atoms. The lowest BCUT2D eigenvalue weighted by Gasteiger charge is -2.18. The summed E-state index contributed by atoms with van der Waals surface area (Å²) < 4.78 is 6.44. The summed E-state index contributed by atoms with van der Waals surface area (Å²) in [5.41, 5.74) is 6.72. The van der Waals surface area contributed by atoms with E-state index in [4.69, 9.17) is 10.5 Å². The molecule has 4 nitrogen and oxygen atoms in total. The zero-order chi connectivity index (χ0) is 13.0. The molecule has 0 heterocycles. The van der Waals surface area contributed by atoms with Gasteiger partial charge in [0, 0.05) is 10.0 Å². The second kappa shape index (κ2) is 6.02. The highest BCUT2D eigenvalue weighted by atomic mass is 79.9. The smallest absolute Gasteiger partial charge is 0.258 e. The molecule has 0 aliphatic rings. The van der Waals surface area contributed by atoms with Crippen LogP contribution in [0, 0.1) is 6.92 Å². The maximum absolute atomic E-state index is 11.1. The van der Waals surface area contributed by atoms with Crippen molar-refractivity contribution in [1.29, 1.82) is 0 Å². The second-order valence-electron chi connectivity index (χ2n) is 3.79. The lowest BCUT2D eigenvalue weighted by Crippen LogP contribution is -2.33. The lowest BCUT2D eigenvalue weighted by atomic mass is 10.1. The van der Waals surface area contributed by atoms with Gasteiger partial charge in [-0.05, 0) is 31.0 Å². The first kappa shape index (κ1) is 14.0. The van der Waals surface area contributed by atoms with Gasteiger partial charge in [-0.25, -0.2) is 0 Å². The number of aryl methyl sites for hydroxylation is 1. The van der Waals surface area contributed by atoms with Crippen molar-refractivity contribution < 1.29 is 14.6 Å². The molecular weight excluding hydrogens is 286 g/mol. The first-order valence-electron chi connectivity index (χ1n) is 5.35. The molecule has 0 spiro atoms. The van der Waals surface area contributed by atoms with Gasteiger partial charge in [0.05, 0.1) is 6.61 Å². The predicted molar refractivity (Wildman–Crippen MR) is 68.7 cm³/mol. The fourth-order valence-electron chi connectivity index (χ4n) is 1.57. The minimum atomic E-state index is -0.667. The molecule has 0 radical (unpaired) electrons. The minimum Gasteiger partial charge on any atom is -0.480 e. The van der Waals surface area contributed by atoms with Crippen LogP contribution in [0.15, 0.2) is 16.6 Å². The third-order valence-corrected chi connectivity index (χ3v) is 2.89. The van der Waals surface area contributed by atoms with Crippen LogP contribution in [0.1, 0.15) is 24.5 Å². The number of aliphatic hydroxyl groups is 1. The van der Waals surface area contributed by atoms with Crippen LogP contribution in [0.25, 0.3) is 0 Å². The van der Waals surface area contributed by atoms with Gasteiger partial charge in [0.15, 0.2) is 6.10 Å². The van der Waals surface area contributed by atoms with E-state index in [1.54, 1.807) is 6.07 Å². The molecule has 1 rings (SSSR count). The van der Waals surface area contributed by atoms with Crippen molar-refractivity contribution in [2.24, 2.45) is 5.73 Å². The Kier molecular flexibility index (Phi) is 4.96. The van der Waals surface area contributed by atoms with Crippen LogP contribution in [0.5, 0.6) is 5.75 Å². The van der Waals surface area contributed by atoms with Crippen molar-refractivity contribution in [3.05, 3.63) is 27.7 Å². The lowest BCUT2D eigenvalue weighted by molar-refractivity contribution is -0.124. The summed E-state index contributed by atoms with van der Waals surface area (Å²) in [5, 5.41) is 9.27. The van der Waals surface area contributed by atoms with E-state index < -0.39 is 12.0 Å². The average molecular weight is 302 g/mol. The first-order valence-corrected chi connectivity index (χ1v) is 6.14. The van der Waals surface area contributed by atoms with E-state index in [2.05, 4.69) is 15.9 Å². The molecule has 1 aromatic rings. The molecule has 5 heteroatoms. The highest BCUT2D eigenvalue weighted by Gasteiger charge is 2.18. The molecule has 0 fully saturated rings. The number of amides is 1. The molecule has 0 aliphatic heterocycles. The summed E-state index contributed by atoms with van der Waals surface area (Å²) in [4.78, 5) is 11.1. The van der Waals surface area contributed by atoms with Gasteiger partial charge in [-0.3, -0.25) is 4.79 Å². The summed E-state index contributed by atoms with van der Waals surface area (Å²) in [7, 11) is 0. The zero-order valence-corrected chi connectivity index (χ0v) is 11.5. The minimum absolute atomic E-state index is 0.148. The Morgan fingerprint density at radius 1 is 1.59 bits per heavy atom. The van der Waals surface area contributed by atoms with Gasteiger partial charge in [0.1, 0.15) is 5.75 Å². The van der Waals surface area contributed by atoms with Crippen LogP contribution < -0.4 is 10.5 Å². The van der Waals surface area contributed by atoms with Crippen LogP contribution in [-0.2, 0) is 11.4 Å². The third-order valence-electron chi connectivity index (χ3n) is 2.43. The maximum atomic E-state index is 11.1. The van der Waals surface area contributed by atoms with E-state index in [0.29, 0.717) is 17.7 Å². The van der Waals surface area contributed by atoms with Gasteiger partial charge in [-0.2, -0.15) is 0 Å². The van der Waals surface area contributed by atoms with Gasteiger partial charge < -0.3 is 15.6 Å². The van der Waals surface area contributed by atoms with Crippen LogP contribution in [0.2, 0.25) is 0 Å². The molecule has 1 atom stereocenters. The standard InChI is InChI=1S/C12H16BrNO3/c1-3-10(12(14)16)17-11-7(2)4-9(13)5-8(11)6-15/h4-5,10,15H,3,6H2,1-2H3,(H2,14,16). The zero-order valence-electron chi connectivity index (χ0n) is 9.87. The summed E-state index contributed by atoms with van der Waals surface area (Å²) in [6, 6.07) is 3.62. The van der Waals surface area contributed by atoms with Crippen LogP contribution >= 0.6 is 15.9 Å². The topological polar surface area (TPSA) is 72.6 Å². The molecule has 0 aromatic heterocycles. The molecule has 0 aliphatic carbocycles. The molecule has 1 unspecified atom stereocenters. The Bertz CT molecular complexity index is 420. The number of nitrogens with two attached hydrogens (primary N) is 1. The average Bonchev–Trinajstić information content (AvgIpc) is 2.26. The number of benzene rings is 1. The molecule has 3 N–H and O–H groups in total. The Labute approximate surface area is 109 Å². The molecule has 0 saturated carbocycles. The monoisotopic (exact) mass is 301 g/mol. The van der Waals surface area contributed by atoms with Crippen LogP contribution in [0.3, 0.4) is 0 Å². The van der Waals surface area contributed by atoms with Crippen molar-refractivity contribution >= 4 is 21.8 Å². The number of primary amides is 1. The van der Waals surface area contributed by atoms with E-state index >= 15 is 0 Å². The van der Waals surface area contributed by atoms with E-state index in [1.807, 2.05) is 19.9 Å². The fraction of sp³-hybridized carbons (Fsp3) is 0.417. The van der Waals surface area contributed by atoms with Gasteiger partial charge in [0.2, 0.25) is 0 Å². The number of carbonyl (C=O) groups excluding carboxylic acids is 1. The molecule has 94 valence electrons. The summed E-state index contributed by atoms with van der Waals surface area (Å²) in [5.74, 6) is 0.0278. The van der Waals surface area contributed by atoms with E-state index in [0.717, 1.165) is 10.0 Å². The number of halogens is 1. The number of aliphatic hydroxyl groups excluding tert-OH is 1. The normalized spacial score (nSPS) is 12.2. The van der Waals surface area contributed by atoms with Gasteiger partial charge in [-0.1, -0.05) is 22.9 Å². The van der Waals surface area contributed by atoms with Crippen molar-refractivity contribution in [1.82, 2.24) is 0 Å². The Balaban J connectivity index is 3.08. The Morgan fingerprint density at radius 2 is 2.24 bits per heavy atom. The Hall–Kier alpha value is -1.07. The Morgan fingerprint density at radius 3 is 2.71 bits per heavy atom. The third kappa shape index (κ3) is 3.44.